The van der Waals surface area contributed by atoms with Gasteiger partial charge in [-0.15, -0.1) is 0 Å². The number of fused-ring (bicyclic) bond motifs is 3. The molecule has 1 saturated heterocycles. The van der Waals surface area contributed by atoms with Gasteiger partial charge in [-0.3, -0.25) is 4.90 Å². The van der Waals surface area contributed by atoms with Crippen LogP contribution < -0.4 is 0 Å². The molecule has 1 fully saturated rings. The standard InChI is InChI=1S/C21H24N2O/c1-2-11-22-13-14-24-21-19(22)10-12-23-16-18(15-20(21)23)9-8-17-6-4-3-5-7-17/h3-7,15-16,19,21H,2,10-14H2,1H3. The lowest BCUT2D eigenvalue weighted by atomic mass is 9.97. The SMILES string of the molecule is CCCN1CCOC2c3cc(C#Cc4ccccc4)cn3CCC21. The van der Waals surface area contributed by atoms with Gasteiger partial charge in [0.1, 0.15) is 6.10 Å². The fourth-order valence-electron chi connectivity index (χ4n) is 3.91. The van der Waals surface area contributed by atoms with E-state index < -0.39 is 0 Å². The van der Waals surface area contributed by atoms with Crippen LogP contribution in [0.3, 0.4) is 0 Å². The van der Waals surface area contributed by atoms with E-state index in [2.05, 4.69) is 40.5 Å². The first kappa shape index (κ1) is 15.5. The molecule has 2 atom stereocenters. The molecule has 1 aromatic heterocycles. The Bertz CT molecular complexity index is 751. The van der Waals surface area contributed by atoms with Gasteiger partial charge in [0.05, 0.1) is 6.61 Å². The molecule has 3 heterocycles. The zero-order valence-corrected chi connectivity index (χ0v) is 14.2. The largest absolute Gasteiger partial charge is 0.369 e. The van der Waals surface area contributed by atoms with Gasteiger partial charge in [-0.1, -0.05) is 37.0 Å². The summed E-state index contributed by atoms with van der Waals surface area (Å²) < 4.78 is 8.49. The van der Waals surface area contributed by atoms with Crippen molar-refractivity contribution in [2.24, 2.45) is 0 Å². The quantitative estimate of drug-likeness (QED) is 0.789. The lowest BCUT2D eigenvalue weighted by Gasteiger charge is -2.44. The Balaban J connectivity index is 1.58. The first-order chi connectivity index (χ1) is 11.8. The first-order valence-electron chi connectivity index (χ1n) is 8.98. The smallest absolute Gasteiger partial charge is 0.113 e. The van der Waals surface area contributed by atoms with Crippen molar-refractivity contribution in [1.82, 2.24) is 9.47 Å². The molecule has 0 spiro atoms. The summed E-state index contributed by atoms with van der Waals surface area (Å²) >= 11 is 0. The van der Waals surface area contributed by atoms with Gasteiger partial charge in [0.25, 0.3) is 0 Å². The summed E-state index contributed by atoms with van der Waals surface area (Å²) in [5.41, 5.74) is 3.44. The van der Waals surface area contributed by atoms with Gasteiger partial charge < -0.3 is 9.30 Å². The van der Waals surface area contributed by atoms with Crippen LogP contribution in [0.1, 0.15) is 42.7 Å². The molecule has 0 radical (unpaired) electrons. The average Bonchev–Trinajstić information content (AvgIpc) is 3.05. The highest BCUT2D eigenvalue weighted by molar-refractivity contribution is 5.43. The zero-order chi connectivity index (χ0) is 16.4. The number of aryl methyl sites for hydroxylation is 1. The Kier molecular flexibility index (Phi) is 4.42. The average molecular weight is 320 g/mol. The van der Waals surface area contributed by atoms with E-state index in [1.807, 2.05) is 30.3 Å². The number of hydrogen-bond donors (Lipinski definition) is 0. The third kappa shape index (κ3) is 3.00. The molecule has 2 aromatic rings. The molecule has 0 saturated carbocycles. The molecule has 2 unspecified atom stereocenters. The maximum Gasteiger partial charge on any atom is 0.113 e. The summed E-state index contributed by atoms with van der Waals surface area (Å²) in [6, 6.07) is 12.9. The summed E-state index contributed by atoms with van der Waals surface area (Å²) in [5.74, 6) is 6.57. The number of nitrogens with zero attached hydrogens (tertiary/aromatic N) is 2. The van der Waals surface area contributed by atoms with Crippen LogP contribution in [0.25, 0.3) is 0 Å². The fourth-order valence-corrected chi connectivity index (χ4v) is 3.91. The molecule has 3 heteroatoms. The van der Waals surface area contributed by atoms with Crippen molar-refractivity contribution < 1.29 is 4.74 Å². The second-order valence-corrected chi connectivity index (χ2v) is 6.65. The van der Waals surface area contributed by atoms with Gasteiger partial charge in [-0.25, -0.2) is 0 Å². The van der Waals surface area contributed by atoms with Crippen molar-refractivity contribution in [2.75, 3.05) is 19.7 Å². The van der Waals surface area contributed by atoms with E-state index in [0.29, 0.717) is 6.04 Å². The molecule has 1 aromatic carbocycles. The lowest BCUT2D eigenvalue weighted by Crippen LogP contribution is -2.50. The molecule has 0 amide bonds. The van der Waals surface area contributed by atoms with Crippen molar-refractivity contribution in [3.63, 3.8) is 0 Å². The summed E-state index contributed by atoms with van der Waals surface area (Å²) in [7, 11) is 0. The normalized spacial score (nSPS) is 23.0. The monoisotopic (exact) mass is 320 g/mol. The summed E-state index contributed by atoms with van der Waals surface area (Å²) in [4.78, 5) is 2.61. The van der Waals surface area contributed by atoms with E-state index in [1.54, 1.807) is 0 Å². The predicted molar refractivity (Wildman–Crippen MR) is 95.8 cm³/mol. The fraction of sp³-hybridized carbons (Fsp3) is 0.429. The number of hydrogen-bond acceptors (Lipinski definition) is 2. The Labute approximate surface area is 144 Å². The minimum absolute atomic E-state index is 0.200. The van der Waals surface area contributed by atoms with Crippen molar-refractivity contribution in [1.29, 1.82) is 0 Å². The zero-order valence-electron chi connectivity index (χ0n) is 14.2. The summed E-state index contributed by atoms with van der Waals surface area (Å²) in [6.45, 7) is 6.39. The molecule has 0 bridgehead atoms. The van der Waals surface area contributed by atoms with Crippen molar-refractivity contribution in [2.45, 2.75) is 38.5 Å². The predicted octanol–water partition coefficient (Wildman–Crippen LogP) is 3.44. The van der Waals surface area contributed by atoms with Gasteiger partial charge in [-0.2, -0.15) is 0 Å². The van der Waals surface area contributed by atoms with Crippen LogP contribution >= 0.6 is 0 Å². The van der Waals surface area contributed by atoms with Crippen LogP contribution in [0.5, 0.6) is 0 Å². The van der Waals surface area contributed by atoms with Gasteiger partial charge >= 0.3 is 0 Å². The van der Waals surface area contributed by atoms with Crippen molar-refractivity contribution >= 4 is 0 Å². The second-order valence-electron chi connectivity index (χ2n) is 6.65. The summed E-state index contributed by atoms with van der Waals surface area (Å²) in [6.07, 6.45) is 4.76. The number of ether oxygens (including phenoxy) is 1. The molecule has 0 N–H and O–H groups in total. The van der Waals surface area contributed by atoms with Gasteiger partial charge in [0, 0.05) is 42.1 Å². The summed E-state index contributed by atoms with van der Waals surface area (Å²) in [5, 5.41) is 0. The highest BCUT2D eigenvalue weighted by Crippen LogP contribution is 2.35. The van der Waals surface area contributed by atoms with Crippen LogP contribution in [0.2, 0.25) is 0 Å². The molecule has 2 aliphatic heterocycles. The third-order valence-corrected chi connectivity index (χ3v) is 5.02. The highest BCUT2D eigenvalue weighted by atomic mass is 16.5. The molecular formula is C21H24N2O. The van der Waals surface area contributed by atoms with Crippen LogP contribution in [0.4, 0.5) is 0 Å². The first-order valence-corrected chi connectivity index (χ1v) is 8.98. The van der Waals surface area contributed by atoms with Crippen LogP contribution in [-0.4, -0.2) is 35.2 Å². The number of rotatable bonds is 2. The second kappa shape index (κ2) is 6.84. The Morgan fingerprint density at radius 2 is 1.96 bits per heavy atom. The minimum Gasteiger partial charge on any atom is -0.369 e. The Morgan fingerprint density at radius 3 is 2.79 bits per heavy atom. The van der Waals surface area contributed by atoms with E-state index in [-0.39, 0.29) is 6.10 Å². The van der Waals surface area contributed by atoms with Crippen LogP contribution in [0, 0.1) is 11.8 Å². The van der Waals surface area contributed by atoms with Crippen LogP contribution in [-0.2, 0) is 11.3 Å². The molecule has 2 aliphatic rings. The maximum absolute atomic E-state index is 6.15. The highest BCUT2D eigenvalue weighted by Gasteiger charge is 2.37. The molecular weight excluding hydrogens is 296 g/mol. The number of aromatic nitrogens is 1. The van der Waals surface area contributed by atoms with Crippen molar-refractivity contribution in [3.8, 4) is 11.8 Å². The van der Waals surface area contributed by atoms with E-state index in [1.165, 1.54) is 18.7 Å². The van der Waals surface area contributed by atoms with Gasteiger partial charge in [-0.05, 0) is 37.6 Å². The van der Waals surface area contributed by atoms with E-state index >= 15 is 0 Å². The third-order valence-electron chi connectivity index (χ3n) is 5.02. The Morgan fingerprint density at radius 1 is 1.12 bits per heavy atom. The topological polar surface area (TPSA) is 17.4 Å². The number of morpholine rings is 1. The molecule has 4 rings (SSSR count). The minimum atomic E-state index is 0.200. The van der Waals surface area contributed by atoms with E-state index in [9.17, 15) is 0 Å². The van der Waals surface area contributed by atoms with Crippen LogP contribution in [0.15, 0.2) is 42.6 Å². The lowest BCUT2D eigenvalue weighted by molar-refractivity contribution is -0.0877. The van der Waals surface area contributed by atoms with E-state index in [0.717, 1.165) is 37.2 Å². The van der Waals surface area contributed by atoms with Crippen molar-refractivity contribution in [3.05, 3.63) is 59.4 Å². The number of benzene rings is 1. The van der Waals surface area contributed by atoms with Gasteiger partial charge in [0.15, 0.2) is 0 Å². The Hall–Kier alpha value is -2.02. The molecule has 3 nitrogen and oxygen atoms in total. The molecule has 0 aliphatic carbocycles. The molecule has 124 valence electrons. The van der Waals surface area contributed by atoms with E-state index in [4.69, 9.17) is 4.74 Å². The van der Waals surface area contributed by atoms with Gasteiger partial charge in [0.2, 0.25) is 0 Å². The maximum atomic E-state index is 6.15. The molecule has 24 heavy (non-hydrogen) atoms.